The summed E-state index contributed by atoms with van der Waals surface area (Å²) in [6.07, 6.45) is 0. The van der Waals surface area contributed by atoms with Gasteiger partial charge in [0.15, 0.2) is 0 Å². The van der Waals surface area contributed by atoms with Crippen molar-refractivity contribution in [1.29, 1.82) is 0 Å². The van der Waals surface area contributed by atoms with Gasteiger partial charge in [-0.3, -0.25) is 9.36 Å². The number of hydrogen-bond donors (Lipinski definition) is 0. The van der Waals surface area contributed by atoms with Crippen molar-refractivity contribution in [3.8, 4) is 0 Å². The third-order valence-electron chi connectivity index (χ3n) is 1.20. The van der Waals surface area contributed by atoms with Gasteiger partial charge in [-0.05, 0) is 6.92 Å². The van der Waals surface area contributed by atoms with Crippen molar-refractivity contribution in [2.45, 2.75) is 19.7 Å². The zero-order chi connectivity index (χ0) is 11.1. The Labute approximate surface area is 82.4 Å². The fourth-order valence-corrected chi connectivity index (χ4v) is 1.69. The van der Waals surface area contributed by atoms with Gasteiger partial charge in [-0.25, -0.2) is 4.79 Å². The summed E-state index contributed by atoms with van der Waals surface area (Å²) in [6.45, 7) is 2.90. The van der Waals surface area contributed by atoms with Gasteiger partial charge in [-0.15, -0.1) is 0 Å². The molecule has 0 aromatic carbocycles. The summed E-state index contributed by atoms with van der Waals surface area (Å²) in [4.78, 5) is 21.6. The molecule has 2 unspecified atom stereocenters. The minimum absolute atomic E-state index is 0.173. The monoisotopic (exact) mass is 224 g/mol. The number of hydrogen-bond acceptors (Lipinski definition) is 6. The number of ether oxygens (including phenoxy) is 2. The fraction of sp³-hybridized carbons (Fsp3) is 0.714. The summed E-state index contributed by atoms with van der Waals surface area (Å²) in [5.41, 5.74) is 0. The number of carbonyl (C=O) groups is 2. The number of esters is 2. The molecule has 0 bridgehead atoms. The zero-order valence-electron chi connectivity index (χ0n) is 8.23. The van der Waals surface area contributed by atoms with Crippen molar-refractivity contribution >= 4 is 20.0 Å². The topological polar surface area (TPSA) is 78.9 Å². The van der Waals surface area contributed by atoms with Gasteiger partial charge in [0.25, 0.3) is 5.85 Å². The van der Waals surface area contributed by atoms with Gasteiger partial charge in [0, 0.05) is 6.92 Å². The molecule has 0 rings (SSSR count). The molecule has 7 heteroatoms. The van der Waals surface area contributed by atoms with Crippen LogP contribution in [0.2, 0.25) is 0 Å². The Morgan fingerprint density at radius 1 is 1.43 bits per heavy atom. The standard InChI is InChI=1S/C7H13O6P/c1-4-12-14(10)7(6(9)11-3)13-5(2)8/h7,14H,4H2,1-3H3. The Kier molecular flexibility index (Phi) is 6.16. The van der Waals surface area contributed by atoms with Crippen LogP contribution in [0.1, 0.15) is 13.8 Å². The lowest BCUT2D eigenvalue weighted by Crippen LogP contribution is -2.24. The predicted octanol–water partition coefficient (Wildman–Crippen LogP) is 0.560. The van der Waals surface area contributed by atoms with E-state index in [9.17, 15) is 14.2 Å². The second-order valence-corrected chi connectivity index (χ2v) is 3.72. The number of methoxy groups -OCH3 is 1. The summed E-state index contributed by atoms with van der Waals surface area (Å²) >= 11 is 0. The van der Waals surface area contributed by atoms with Gasteiger partial charge in [-0.1, -0.05) is 0 Å². The summed E-state index contributed by atoms with van der Waals surface area (Å²) in [5.74, 6) is -3.03. The molecular weight excluding hydrogens is 211 g/mol. The molecule has 0 fully saturated rings. The van der Waals surface area contributed by atoms with E-state index in [2.05, 4.69) is 9.47 Å². The lowest BCUT2D eigenvalue weighted by molar-refractivity contribution is -0.159. The van der Waals surface area contributed by atoms with E-state index < -0.39 is 25.8 Å². The van der Waals surface area contributed by atoms with Crippen molar-refractivity contribution in [2.75, 3.05) is 13.7 Å². The van der Waals surface area contributed by atoms with Crippen LogP contribution in [0.3, 0.4) is 0 Å². The van der Waals surface area contributed by atoms with Crippen LogP contribution in [-0.2, 0) is 28.2 Å². The summed E-state index contributed by atoms with van der Waals surface area (Å²) in [6, 6.07) is 0. The van der Waals surface area contributed by atoms with Gasteiger partial charge in [0.2, 0.25) is 8.03 Å². The minimum atomic E-state index is -2.75. The molecule has 0 aliphatic rings. The van der Waals surface area contributed by atoms with Gasteiger partial charge < -0.3 is 14.0 Å². The molecule has 0 aliphatic carbocycles. The number of rotatable bonds is 5. The van der Waals surface area contributed by atoms with E-state index >= 15 is 0 Å². The maximum absolute atomic E-state index is 11.3. The maximum Gasteiger partial charge on any atom is 0.357 e. The second-order valence-electron chi connectivity index (χ2n) is 2.26. The summed E-state index contributed by atoms with van der Waals surface area (Å²) < 4.78 is 24.8. The van der Waals surface area contributed by atoms with E-state index in [-0.39, 0.29) is 6.61 Å². The molecule has 0 radical (unpaired) electrons. The van der Waals surface area contributed by atoms with E-state index in [1.54, 1.807) is 6.92 Å². The summed E-state index contributed by atoms with van der Waals surface area (Å²) in [7, 11) is -1.64. The van der Waals surface area contributed by atoms with Crippen LogP contribution in [-0.4, -0.2) is 31.5 Å². The molecular formula is C7H13O6P. The van der Waals surface area contributed by atoms with Crippen LogP contribution in [0.5, 0.6) is 0 Å². The van der Waals surface area contributed by atoms with Crippen LogP contribution in [0, 0.1) is 0 Å². The Morgan fingerprint density at radius 2 is 2.00 bits per heavy atom. The van der Waals surface area contributed by atoms with Crippen molar-refractivity contribution in [3.63, 3.8) is 0 Å². The molecule has 6 nitrogen and oxygen atoms in total. The van der Waals surface area contributed by atoms with Crippen molar-refractivity contribution < 1.29 is 28.2 Å². The van der Waals surface area contributed by atoms with E-state index in [4.69, 9.17) is 4.52 Å². The first kappa shape index (κ1) is 13.1. The van der Waals surface area contributed by atoms with Crippen LogP contribution in [0.4, 0.5) is 0 Å². The zero-order valence-corrected chi connectivity index (χ0v) is 9.23. The van der Waals surface area contributed by atoms with Crippen molar-refractivity contribution in [1.82, 2.24) is 0 Å². The van der Waals surface area contributed by atoms with E-state index in [0.717, 1.165) is 14.0 Å². The first-order valence-electron chi connectivity index (χ1n) is 3.94. The molecule has 0 heterocycles. The van der Waals surface area contributed by atoms with E-state index in [1.807, 2.05) is 0 Å². The van der Waals surface area contributed by atoms with E-state index in [1.165, 1.54) is 0 Å². The number of carbonyl (C=O) groups excluding carboxylic acids is 2. The Bertz CT molecular complexity index is 238. The highest BCUT2D eigenvalue weighted by atomic mass is 31.1. The highest BCUT2D eigenvalue weighted by Gasteiger charge is 2.29. The van der Waals surface area contributed by atoms with Gasteiger partial charge >= 0.3 is 11.9 Å². The third kappa shape index (κ3) is 4.39. The Balaban J connectivity index is 4.45. The Morgan fingerprint density at radius 3 is 2.36 bits per heavy atom. The lowest BCUT2D eigenvalue weighted by Gasteiger charge is -2.13. The largest absolute Gasteiger partial charge is 0.466 e. The quantitative estimate of drug-likeness (QED) is 0.501. The van der Waals surface area contributed by atoms with Crippen LogP contribution < -0.4 is 0 Å². The average Bonchev–Trinajstić information content (AvgIpc) is 2.13. The van der Waals surface area contributed by atoms with Crippen LogP contribution in [0.15, 0.2) is 0 Å². The smallest absolute Gasteiger partial charge is 0.357 e. The van der Waals surface area contributed by atoms with Crippen LogP contribution in [0.25, 0.3) is 0 Å². The fourth-order valence-electron chi connectivity index (χ4n) is 0.683. The predicted molar refractivity (Wildman–Crippen MR) is 48.2 cm³/mol. The molecule has 0 N–H and O–H groups in total. The molecule has 14 heavy (non-hydrogen) atoms. The molecule has 2 atom stereocenters. The highest BCUT2D eigenvalue weighted by Crippen LogP contribution is 2.31. The molecule has 0 aromatic heterocycles. The molecule has 0 saturated heterocycles. The van der Waals surface area contributed by atoms with Gasteiger partial charge in [0.1, 0.15) is 0 Å². The SMILES string of the molecule is CCO[PH](=O)C(OC(C)=O)C(=O)OC. The van der Waals surface area contributed by atoms with Crippen molar-refractivity contribution in [2.24, 2.45) is 0 Å². The average molecular weight is 224 g/mol. The highest BCUT2D eigenvalue weighted by molar-refractivity contribution is 7.41. The first-order valence-corrected chi connectivity index (χ1v) is 5.34. The first-order chi connectivity index (χ1) is 6.52. The molecule has 0 spiro atoms. The molecule has 82 valence electrons. The Hall–Kier alpha value is -0.870. The maximum atomic E-state index is 11.3. The second kappa shape index (κ2) is 6.56. The van der Waals surface area contributed by atoms with Gasteiger partial charge in [0.05, 0.1) is 13.7 Å². The third-order valence-corrected chi connectivity index (χ3v) is 2.55. The lowest BCUT2D eigenvalue weighted by atomic mass is 10.7. The molecule has 0 aromatic rings. The minimum Gasteiger partial charge on any atom is -0.466 e. The van der Waals surface area contributed by atoms with Crippen molar-refractivity contribution in [3.05, 3.63) is 0 Å². The van der Waals surface area contributed by atoms with Crippen LogP contribution >= 0.6 is 8.03 Å². The van der Waals surface area contributed by atoms with Gasteiger partial charge in [-0.2, -0.15) is 0 Å². The van der Waals surface area contributed by atoms with E-state index in [0.29, 0.717) is 0 Å². The molecule has 0 saturated carbocycles. The normalized spacial score (nSPS) is 14.2. The molecule has 0 aliphatic heterocycles. The summed E-state index contributed by atoms with van der Waals surface area (Å²) in [5, 5.41) is 0. The molecule has 0 amide bonds.